The van der Waals surface area contributed by atoms with Crippen LogP contribution in [-0.4, -0.2) is 23.1 Å². The number of aryl methyl sites for hydroxylation is 1. The van der Waals surface area contributed by atoms with Gasteiger partial charge in [0.25, 0.3) is 10.0 Å². The molecule has 2 heterocycles. The van der Waals surface area contributed by atoms with E-state index in [-0.39, 0.29) is 10.6 Å². The molecule has 8 heteroatoms. The van der Waals surface area contributed by atoms with Gasteiger partial charge >= 0.3 is 0 Å². The molecule has 0 spiro atoms. The van der Waals surface area contributed by atoms with Crippen LogP contribution in [0.1, 0.15) is 16.8 Å². The van der Waals surface area contributed by atoms with Crippen molar-refractivity contribution in [1.29, 1.82) is 0 Å². The summed E-state index contributed by atoms with van der Waals surface area (Å²) >= 11 is 1.35. The number of rotatable bonds is 7. The lowest BCUT2D eigenvalue weighted by molar-refractivity contribution is 0.469. The average molecular weight is 566 g/mol. The van der Waals surface area contributed by atoms with Gasteiger partial charge in [0, 0.05) is 45.7 Å². The maximum absolute atomic E-state index is 13.9. The summed E-state index contributed by atoms with van der Waals surface area (Å²) in [7, 11) is -3.95. The maximum atomic E-state index is 13.9. The smallest absolute Gasteiger partial charge is 0.263 e. The van der Waals surface area contributed by atoms with Crippen molar-refractivity contribution in [3.63, 3.8) is 0 Å². The highest BCUT2D eigenvalue weighted by Gasteiger charge is 2.25. The van der Waals surface area contributed by atoms with Gasteiger partial charge in [-0.15, -0.1) is 0 Å². The van der Waals surface area contributed by atoms with Crippen LogP contribution in [0.5, 0.6) is 5.75 Å². The molecule has 0 aliphatic carbocycles. The number of anilines is 1. The lowest BCUT2D eigenvalue weighted by Crippen LogP contribution is -2.15. The van der Waals surface area contributed by atoms with Crippen LogP contribution in [0.25, 0.3) is 21.7 Å². The molecule has 0 saturated carbocycles. The predicted octanol–water partition coefficient (Wildman–Crippen LogP) is 7.51. The Morgan fingerprint density at radius 2 is 1.60 bits per heavy atom. The number of nitrogens with one attached hydrogen (secondary N) is 1. The Bertz CT molecular complexity index is 1980. The van der Waals surface area contributed by atoms with Crippen LogP contribution >= 0.6 is 11.8 Å². The van der Waals surface area contributed by atoms with E-state index in [4.69, 9.17) is 0 Å². The fraction of sp³-hybridized carbons (Fsp3) is 0.0938. The number of pyridine rings is 1. The van der Waals surface area contributed by atoms with Gasteiger partial charge in [0.15, 0.2) is 0 Å². The molecule has 6 rings (SSSR count). The first kappa shape index (κ1) is 26.0. The number of para-hydroxylation sites is 1. The SMILES string of the molecule is Cc1cn(Cc2ccccc2)c(C)c1S(=O)(=O)Nc1cc(Sc2cccc3cccnc23)c(O)c2ccccc12. The van der Waals surface area contributed by atoms with Crippen molar-refractivity contribution in [2.45, 2.75) is 35.1 Å². The molecular formula is C32H27N3O3S2. The van der Waals surface area contributed by atoms with Crippen molar-refractivity contribution in [3.05, 3.63) is 120 Å². The molecule has 200 valence electrons. The van der Waals surface area contributed by atoms with Crippen molar-refractivity contribution >= 4 is 49.1 Å². The van der Waals surface area contributed by atoms with Gasteiger partial charge in [-0.2, -0.15) is 0 Å². The largest absolute Gasteiger partial charge is 0.506 e. The van der Waals surface area contributed by atoms with E-state index in [1.54, 1.807) is 24.4 Å². The number of aromatic nitrogens is 2. The van der Waals surface area contributed by atoms with E-state index in [1.165, 1.54) is 11.8 Å². The molecule has 4 aromatic carbocycles. The quantitative estimate of drug-likeness (QED) is 0.196. The van der Waals surface area contributed by atoms with Gasteiger partial charge in [0.2, 0.25) is 0 Å². The van der Waals surface area contributed by atoms with Crippen molar-refractivity contribution in [2.24, 2.45) is 0 Å². The Hall–Kier alpha value is -4.27. The number of benzene rings is 4. The molecule has 6 nitrogen and oxygen atoms in total. The summed E-state index contributed by atoms with van der Waals surface area (Å²) in [6.07, 6.45) is 3.61. The predicted molar refractivity (Wildman–Crippen MR) is 162 cm³/mol. The Morgan fingerprint density at radius 1 is 0.875 bits per heavy atom. The number of phenolic OH excluding ortho intramolecular Hbond substituents is 1. The highest BCUT2D eigenvalue weighted by Crippen LogP contribution is 2.44. The van der Waals surface area contributed by atoms with Crippen LogP contribution in [0, 0.1) is 13.8 Å². The molecular weight excluding hydrogens is 539 g/mol. The summed E-state index contributed by atoms with van der Waals surface area (Å²) in [5.74, 6) is 0.0952. The highest BCUT2D eigenvalue weighted by molar-refractivity contribution is 7.99. The zero-order valence-electron chi connectivity index (χ0n) is 22.0. The third kappa shape index (κ3) is 4.80. The zero-order chi connectivity index (χ0) is 27.9. The number of fused-ring (bicyclic) bond motifs is 2. The normalized spacial score (nSPS) is 11.8. The summed E-state index contributed by atoms with van der Waals surface area (Å²) in [6.45, 7) is 4.21. The third-order valence-electron chi connectivity index (χ3n) is 6.97. The number of phenols is 1. The highest BCUT2D eigenvalue weighted by atomic mass is 32.2. The molecule has 6 aromatic rings. The Labute approximate surface area is 237 Å². The third-order valence-corrected chi connectivity index (χ3v) is 9.70. The molecule has 0 bridgehead atoms. The number of nitrogens with zero attached hydrogens (tertiary/aromatic N) is 2. The molecule has 0 unspecified atom stereocenters. The first-order chi connectivity index (χ1) is 19.3. The van der Waals surface area contributed by atoms with E-state index in [1.807, 2.05) is 97.4 Å². The van der Waals surface area contributed by atoms with Crippen LogP contribution in [0.2, 0.25) is 0 Å². The standard InChI is InChI=1S/C32H27N3O3S2/c1-21-19-35(20-23-10-4-3-5-11-23)22(2)32(21)40(37,38)34-27-18-29(31(36)26-15-7-6-14-25(26)27)39-28-16-8-12-24-13-9-17-33-30(24)28/h3-19,34,36H,20H2,1-2H3. The molecule has 2 N–H and O–H groups in total. The second-order valence-electron chi connectivity index (χ2n) is 9.70. The van der Waals surface area contributed by atoms with Crippen molar-refractivity contribution < 1.29 is 13.5 Å². The van der Waals surface area contributed by atoms with Crippen molar-refractivity contribution in [3.8, 4) is 5.75 Å². The molecule has 0 atom stereocenters. The molecule has 0 aliphatic heterocycles. The zero-order valence-corrected chi connectivity index (χ0v) is 23.6. The molecule has 0 radical (unpaired) electrons. The fourth-order valence-electron chi connectivity index (χ4n) is 5.13. The van der Waals surface area contributed by atoms with E-state index < -0.39 is 10.0 Å². The molecule has 40 heavy (non-hydrogen) atoms. The first-order valence-corrected chi connectivity index (χ1v) is 15.1. The van der Waals surface area contributed by atoms with Crippen LogP contribution in [0.15, 0.2) is 118 Å². The number of hydrogen-bond donors (Lipinski definition) is 2. The Morgan fingerprint density at radius 3 is 2.40 bits per heavy atom. The summed E-state index contributed by atoms with van der Waals surface area (Å²) < 4.78 is 32.6. The van der Waals surface area contributed by atoms with Gasteiger partial charge in [0.05, 0.1) is 16.1 Å². The van der Waals surface area contributed by atoms with Crippen LogP contribution in [0.3, 0.4) is 0 Å². The van der Waals surface area contributed by atoms with Gasteiger partial charge in [-0.1, -0.05) is 84.6 Å². The van der Waals surface area contributed by atoms with Crippen molar-refractivity contribution in [1.82, 2.24) is 9.55 Å². The summed E-state index contributed by atoms with van der Waals surface area (Å²) in [6, 6.07) is 28.6. The van der Waals surface area contributed by atoms with Gasteiger partial charge in [0.1, 0.15) is 10.6 Å². The van der Waals surface area contributed by atoms with Crippen LogP contribution in [-0.2, 0) is 16.6 Å². The molecule has 0 saturated heterocycles. The summed E-state index contributed by atoms with van der Waals surface area (Å²) in [4.78, 5) is 6.18. The van der Waals surface area contributed by atoms with Crippen molar-refractivity contribution in [2.75, 3.05) is 4.72 Å². The minimum absolute atomic E-state index is 0.0952. The number of aromatic hydroxyl groups is 1. The molecule has 2 aromatic heterocycles. The number of hydrogen-bond acceptors (Lipinski definition) is 5. The lowest BCUT2D eigenvalue weighted by atomic mass is 10.1. The van der Waals surface area contributed by atoms with E-state index in [0.717, 1.165) is 21.4 Å². The number of sulfonamides is 1. The molecule has 0 amide bonds. The minimum atomic E-state index is -3.95. The van der Waals surface area contributed by atoms with E-state index in [0.29, 0.717) is 39.2 Å². The Balaban J connectivity index is 1.41. The Kier molecular flexibility index (Phi) is 6.73. The average Bonchev–Trinajstić information content (AvgIpc) is 3.24. The van der Waals surface area contributed by atoms with Gasteiger partial charge < -0.3 is 9.67 Å². The second-order valence-corrected chi connectivity index (χ2v) is 12.4. The molecule has 0 aliphatic rings. The van der Waals surface area contributed by atoms with Gasteiger partial charge in [-0.25, -0.2) is 8.42 Å². The van der Waals surface area contributed by atoms with Crippen LogP contribution < -0.4 is 4.72 Å². The van der Waals surface area contributed by atoms with Crippen LogP contribution in [0.4, 0.5) is 5.69 Å². The summed E-state index contributed by atoms with van der Waals surface area (Å²) in [5.41, 5.74) is 3.63. The van der Waals surface area contributed by atoms with Gasteiger partial charge in [-0.3, -0.25) is 9.71 Å². The molecule has 0 fully saturated rings. The minimum Gasteiger partial charge on any atom is -0.506 e. The fourth-order valence-corrected chi connectivity index (χ4v) is 7.70. The van der Waals surface area contributed by atoms with E-state index in [2.05, 4.69) is 9.71 Å². The first-order valence-electron chi connectivity index (χ1n) is 12.8. The maximum Gasteiger partial charge on any atom is 0.263 e. The second kappa shape index (κ2) is 10.4. The lowest BCUT2D eigenvalue weighted by Gasteiger charge is -2.16. The van der Waals surface area contributed by atoms with E-state index >= 15 is 0 Å². The van der Waals surface area contributed by atoms with Gasteiger partial charge in [-0.05, 0) is 43.2 Å². The van der Waals surface area contributed by atoms with E-state index in [9.17, 15) is 13.5 Å². The topological polar surface area (TPSA) is 84.2 Å². The summed E-state index contributed by atoms with van der Waals surface area (Å²) in [5, 5.41) is 13.4. The monoisotopic (exact) mass is 565 g/mol.